The van der Waals surface area contributed by atoms with Crippen molar-refractivity contribution in [1.82, 2.24) is 10.2 Å². The number of carbonyl (C=O) groups excluding carboxylic acids is 2. The third-order valence-corrected chi connectivity index (χ3v) is 10.3. The van der Waals surface area contributed by atoms with E-state index in [9.17, 15) is 18.0 Å². The van der Waals surface area contributed by atoms with E-state index in [-0.39, 0.29) is 40.5 Å². The number of para-hydroxylation sites is 1. The standard InChI is InChI=1S/C35H35Cl2N3O4S/c36-28-15-11-14-27(22-28)24-39(33(23-26-12-3-1-4-13-26)35(42)38-29-16-7-8-17-29)34(41)25-40(32-21-10-9-20-31(32)37)45(43,44)30-18-5-2-6-19-30/h1-6,9-15,18-22,29,33H,7-8,16-17,23-25H2,(H,38,42). The van der Waals surface area contributed by atoms with Crippen LogP contribution in [0.15, 0.2) is 114 Å². The van der Waals surface area contributed by atoms with E-state index in [1.54, 1.807) is 60.7 Å². The summed E-state index contributed by atoms with van der Waals surface area (Å²) in [5, 5.41) is 3.83. The molecule has 0 heterocycles. The van der Waals surface area contributed by atoms with E-state index in [4.69, 9.17) is 23.2 Å². The van der Waals surface area contributed by atoms with Gasteiger partial charge in [0.1, 0.15) is 12.6 Å². The minimum Gasteiger partial charge on any atom is -0.352 e. The van der Waals surface area contributed by atoms with Gasteiger partial charge in [0.25, 0.3) is 10.0 Å². The van der Waals surface area contributed by atoms with Gasteiger partial charge in [-0.1, -0.05) is 109 Å². The summed E-state index contributed by atoms with van der Waals surface area (Å²) >= 11 is 12.8. The van der Waals surface area contributed by atoms with E-state index < -0.39 is 28.5 Å². The number of nitrogens with zero attached hydrogens (tertiary/aromatic N) is 2. The number of amides is 2. The quantitative estimate of drug-likeness (QED) is 0.179. The summed E-state index contributed by atoms with van der Waals surface area (Å²) in [6.07, 6.45) is 4.06. The maximum absolute atomic E-state index is 14.5. The average Bonchev–Trinajstić information content (AvgIpc) is 3.56. The van der Waals surface area contributed by atoms with Gasteiger partial charge < -0.3 is 10.2 Å². The predicted molar refractivity (Wildman–Crippen MR) is 179 cm³/mol. The molecule has 234 valence electrons. The van der Waals surface area contributed by atoms with E-state index in [0.717, 1.165) is 35.6 Å². The molecule has 1 saturated carbocycles. The molecule has 45 heavy (non-hydrogen) atoms. The number of hydrogen-bond acceptors (Lipinski definition) is 4. The second kappa shape index (κ2) is 15.0. The lowest BCUT2D eigenvalue weighted by molar-refractivity contribution is -0.140. The SMILES string of the molecule is O=C(NC1CCCC1)C(Cc1ccccc1)N(Cc1cccc(Cl)c1)C(=O)CN(c1ccccc1Cl)S(=O)(=O)c1ccccc1. The molecule has 0 saturated heterocycles. The fourth-order valence-electron chi connectivity index (χ4n) is 5.64. The molecule has 1 atom stereocenters. The van der Waals surface area contributed by atoms with Gasteiger partial charge in [0.2, 0.25) is 11.8 Å². The van der Waals surface area contributed by atoms with Gasteiger partial charge in [-0.25, -0.2) is 8.42 Å². The highest BCUT2D eigenvalue weighted by molar-refractivity contribution is 7.92. The zero-order valence-electron chi connectivity index (χ0n) is 24.7. The third-order valence-electron chi connectivity index (χ3n) is 7.95. The normalized spacial score (nSPS) is 14.1. The maximum Gasteiger partial charge on any atom is 0.264 e. The van der Waals surface area contributed by atoms with Crippen LogP contribution in [0.1, 0.15) is 36.8 Å². The molecule has 0 aromatic heterocycles. The Hall–Kier alpha value is -3.85. The topological polar surface area (TPSA) is 86.8 Å². The maximum atomic E-state index is 14.5. The molecule has 2 amide bonds. The van der Waals surface area contributed by atoms with E-state index in [1.807, 2.05) is 36.4 Å². The first-order chi connectivity index (χ1) is 21.7. The first-order valence-electron chi connectivity index (χ1n) is 14.9. The van der Waals surface area contributed by atoms with Gasteiger partial charge >= 0.3 is 0 Å². The smallest absolute Gasteiger partial charge is 0.264 e. The fourth-order valence-corrected chi connectivity index (χ4v) is 7.60. The molecule has 1 aliphatic carbocycles. The number of sulfonamides is 1. The van der Waals surface area contributed by atoms with Crippen molar-refractivity contribution in [2.75, 3.05) is 10.8 Å². The van der Waals surface area contributed by atoms with Crippen molar-refractivity contribution in [2.45, 2.75) is 55.6 Å². The zero-order valence-corrected chi connectivity index (χ0v) is 27.0. The van der Waals surface area contributed by atoms with Crippen LogP contribution < -0.4 is 9.62 Å². The van der Waals surface area contributed by atoms with E-state index in [1.165, 1.54) is 17.0 Å². The van der Waals surface area contributed by atoms with Crippen LogP contribution in [0.5, 0.6) is 0 Å². The lowest BCUT2D eigenvalue weighted by Crippen LogP contribution is -2.54. The molecule has 0 bridgehead atoms. The zero-order chi connectivity index (χ0) is 31.8. The minimum absolute atomic E-state index is 0.0129. The molecule has 10 heteroatoms. The number of anilines is 1. The molecular formula is C35H35Cl2N3O4S. The molecule has 7 nitrogen and oxygen atoms in total. The van der Waals surface area contributed by atoms with Gasteiger partial charge in [-0.15, -0.1) is 0 Å². The summed E-state index contributed by atoms with van der Waals surface area (Å²) in [6.45, 7) is -0.541. The van der Waals surface area contributed by atoms with Gasteiger partial charge in [0, 0.05) is 24.0 Å². The molecule has 4 aromatic rings. The summed E-state index contributed by atoms with van der Waals surface area (Å²) in [5.74, 6) is -0.840. The first-order valence-corrected chi connectivity index (χ1v) is 17.1. The predicted octanol–water partition coefficient (Wildman–Crippen LogP) is 6.89. The average molecular weight is 665 g/mol. The highest BCUT2D eigenvalue weighted by Gasteiger charge is 2.36. The molecule has 0 spiro atoms. The lowest BCUT2D eigenvalue weighted by Gasteiger charge is -2.34. The van der Waals surface area contributed by atoms with E-state index in [2.05, 4.69) is 5.32 Å². The minimum atomic E-state index is -4.23. The molecule has 0 radical (unpaired) electrons. The van der Waals surface area contributed by atoms with E-state index in [0.29, 0.717) is 10.6 Å². The van der Waals surface area contributed by atoms with Crippen LogP contribution in [0.4, 0.5) is 5.69 Å². The summed E-state index contributed by atoms with van der Waals surface area (Å²) in [4.78, 5) is 30.1. The van der Waals surface area contributed by atoms with Crippen molar-refractivity contribution in [1.29, 1.82) is 0 Å². The van der Waals surface area contributed by atoms with Crippen molar-refractivity contribution >= 4 is 50.7 Å². The lowest BCUT2D eigenvalue weighted by atomic mass is 10.0. The van der Waals surface area contributed by atoms with Gasteiger partial charge in [-0.3, -0.25) is 13.9 Å². The summed E-state index contributed by atoms with van der Waals surface area (Å²) in [5.41, 5.74) is 1.74. The largest absolute Gasteiger partial charge is 0.352 e. The number of hydrogen-bond donors (Lipinski definition) is 1. The van der Waals surface area contributed by atoms with Crippen LogP contribution in [0.2, 0.25) is 10.0 Å². The summed E-state index contributed by atoms with van der Waals surface area (Å²) in [7, 11) is -4.23. The molecule has 4 aromatic carbocycles. The summed E-state index contributed by atoms with van der Waals surface area (Å²) < 4.78 is 29.2. The Morgan fingerprint density at radius 2 is 1.42 bits per heavy atom. The highest BCUT2D eigenvalue weighted by atomic mass is 35.5. The Bertz CT molecular complexity index is 1720. The molecule has 1 aliphatic rings. The highest BCUT2D eigenvalue weighted by Crippen LogP contribution is 2.31. The van der Waals surface area contributed by atoms with Gasteiger partial charge in [-0.05, 0) is 60.4 Å². The third kappa shape index (κ3) is 8.25. The number of nitrogens with one attached hydrogen (secondary N) is 1. The Morgan fingerprint density at radius 1 is 0.800 bits per heavy atom. The molecule has 1 fully saturated rings. The number of halogens is 2. The van der Waals surface area contributed by atoms with Crippen LogP contribution in [0, 0.1) is 0 Å². The van der Waals surface area contributed by atoms with Crippen LogP contribution in [0.3, 0.4) is 0 Å². The van der Waals surface area contributed by atoms with Crippen LogP contribution in [-0.2, 0) is 32.6 Å². The van der Waals surface area contributed by atoms with Crippen molar-refractivity contribution in [3.05, 3.63) is 130 Å². The number of benzene rings is 4. The van der Waals surface area contributed by atoms with Crippen molar-refractivity contribution in [2.24, 2.45) is 0 Å². The molecule has 1 unspecified atom stereocenters. The molecule has 5 rings (SSSR count). The van der Waals surface area contributed by atoms with Crippen LogP contribution in [-0.4, -0.2) is 43.8 Å². The second-order valence-electron chi connectivity index (χ2n) is 11.1. The van der Waals surface area contributed by atoms with Crippen LogP contribution >= 0.6 is 23.2 Å². The molecular weight excluding hydrogens is 629 g/mol. The van der Waals surface area contributed by atoms with Gasteiger partial charge in [-0.2, -0.15) is 0 Å². The monoisotopic (exact) mass is 663 g/mol. The molecule has 1 N–H and O–H groups in total. The summed E-state index contributed by atoms with van der Waals surface area (Å²) in [6, 6.07) is 30.0. The first kappa shape index (κ1) is 32.5. The second-order valence-corrected chi connectivity index (χ2v) is 13.8. The van der Waals surface area contributed by atoms with Crippen molar-refractivity contribution in [3.63, 3.8) is 0 Å². The van der Waals surface area contributed by atoms with E-state index >= 15 is 0 Å². The van der Waals surface area contributed by atoms with Crippen molar-refractivity contribution < 1.29 is 18.0 Å². The Kier molecular flexibility index (Phi) is 10.8. The Morgan fingerprint density at radius 3 is 2.09 bits per heavy atom. The number of carbonyl (C=O) groups is 2. The Balaban J connectivity index is 1.57. The van der Waals surface area contributed by atoms with Gasteiger partial charge in [0.05, 0.1) is 15.6 Å². The fraction of sp³-hybridized carbons (Fsp3) is 0.257. The van der Waals surface area contributed by atoms with Gasteiger partial charge in [0.15, 0.2) is 0 Å². The van der Waals surface area contributed by atoms with Crippen molar-refractivity contribution in [3.8, 4) is 0 Å². The molecule has 0 aliphatic heterocycles. The van der Waals surface area contributed by atoms with Crippen LogP contribution in [0.25, 0.3) is 0 Å². The number of rotatable bonds is 12. The Labute approximate surface area is 274 Å².